The molecule has 3 aliphatic rings. The highest BCUT2D eigenvalue weighted by Crippen LogP contribution is 2.49. The second-order valence-electron chi connectivity index (χ2n) is 7.24. The van der Waals surface area contributed by atoms with Crippen molar-refractivity contribution in [3.8, 4) is 0 Å². The van der Waals surface area contributed by atoms with E-state index in [1.165, 1.54) is 25.7 Å². The van der Waals surface area contributed by atoms with Gasteiger partial charge in [-0.25, -0.2) is 0 Å². The first-order valence-electron chi connectivity index (χ1n) is 8.15. The molecule has 3 rings (SSSR count). The fourth-order valence-corrected chi connectivity index (χ4v) is 4.78. The zero-order valence-corrected chi connectivity index (χ0v) is 12.8. The van der Waals surface area contributed by atoms with Gasteiger partial charge in [-0.2, -0.15) is 0 Å². The van der Waals surface area contributed by atoms with Gasteiger partial charge in [0.1, 0.15) is 0 Å². The molecule has 5 unspecified atom stereocenters. The smallest absolute Gasteiger partial charge is 0.230 e. The SMILES string of the molecule is COCC1(C(=O)NC(C)C2CC3CCC2C3)CCNC1. The molecule has 2 saturated carbocycles. The van der Waals surface area contributed by atoms with E-state index in [1.807, 2.05) is 0 Å². The fraction of sp³-hybridized carbons (Fsp3) is 0.938. The minimum atomic E-state index is -0.347. The van der Waals surface area contributed by atoms with Crippen molar-refractivity contribution in [2.45, 2.75) is 45.1 Å². The Morgan fingerprint density at radius 3 is 2.85 bits per heavy atom. The lowest BCUT2D eigenvalue weighted by Gasteiger charge is -2.33. The molecule has 2 aliphatic carbocycles. The second-order valence-corrected chi connectivity index (χ2v) is 7.24. The first kappa shape index (κ1) is 14.3. The van der Waals surface area contributed by atoms with Crippen LogP contribution >= 0.6 is 0 Å². The summed E-state index contributed by atoms with van der Waals surface area (Å²) in [6.45, 7) is 4.39. The van der Waals surface area contributed by atoms with Crippen molar-refractivity contribution in [1.82, 2.24) is 10.6 Å². The molecule has 2 N–H and O–H groups in total. The van der Waals surface area contributed by atoms with Gasteiger partial charge in [-0.05, 0) is 56.9 Å². The molecule has 0 aromatic rings. The van der Waals surface area contributed by atoms with Gasteiger partial charge in [0.05, 0.1) is 12.0 Å². The average Bonchev–Trinajstić information content (AvgIpc) is 3.15. The number of rotatable bonds is 5. The standard InChI is InChI=1S/C16H28N2O2/c1-11(14-8-12-3-4-13(14)7-12)18-15(19)16(10-20-2)5-6-17-9-16/h11-14,17H,3-10H2,1-2H3,(H,18,19). The van der Waals surface area contributed by atoms with E-state index in [0.717, 1.165) is 31.3 Å². The molecule has 1 heterocycles. The molecule has 0 spiro atoms. The maximum absolute atomic E-state index is 12.7. The molecule has 114 valence electrons. The van der Waals surface area contributed by atoms with Crippen molar-refractivity contribution in [3.05, 3.63) is 0 Å². The number of amides is 1. The molecule has 20 heavy (non-hydrogen) atoms. The number of hydrogen-bond acceptors (Lipinski definition) is 3. The third-order valence-electron chi connectivity index (χ3n) is 5.94. The van der Waals surface area contributed by atoms with Crippen molar-refractivity contribution < 1.29 is 9.53 Å². The van der Waals surface area contributed by atoms with E-state index in [2.05, 4.69) is 17.6 Å². The van der Waals surface area contributed by atoms with Gasteiger partial charge in [0.2, 0.25) is 5.91 Å². The van der Waals surface area contributed by atoms with Crippen molar-refractivity contribution in [2.24, 2.45) is 23.2 Å². The topological polar surface area (TPSA) is 50.4 Å². The van der Waals surface area contributed by atoms with E-state index in [1.54, 1.807) is 7.11 Å². The number of fused-ring (bicyclic) bond motifs is 2. The van der Waals surface area contributed by atoms with Gasteiger partial charge < -0.3 is 15.4 Å². The zero-order chi connectivity index (χ0) is 14.2. The maximum atomic E-state index is 12.7. The Bertz CT molecular complexity index is 365. The summed E-state index contributed by atoms with van der Waals surface area (Å²) in [5.74, 6) is 2.69. The Hall–Kier alpha value is -0.610. The monoisotopic (exact) mass is 280 g/mol. The minimum absolute atomic E-state index is 0.194. The average molecular weight is 280 g/mol. The van der Waals surface area contributed by atoms with Gasteiger partial charge in [-0.15, -0.1) is 0 Å². The summed E-state index contributed by atoms with van der Waals surface area (Å²) < 4.78 is 5.31. The number of ether oxygens (including phenoxy) is 1. The number of hydrogen-bond donors (Lipinski definition) is 2. The van der Waals surface area contributed by atoms with Crippen LogP contribution in [-0.2, 0) is 9.53 Å². The van der Waals surface area contributed by atoms with Crippen molar-refractivity contribution in [3.63, 3.8) is 0 Å². The van der Waals surface area contributed by atoms with Crippen LogP contribution in [0.3, 0.4) is 0 Å². The maximum Gasteiger partial charge on any atom is 0.230 e. The predicted molar refractivity (Wildman–Crippen MR) is 78.3 cm³/mol. The molecule has 1 aliphatic heterocycles. The van der Waals surface area contributed by atoms with Gasteiger partial charge in [-0.3, -0.25) is 4.79 Å². The number of methoxy groups -OCH3 is 1. The van der Waals surface area contributed by atoms with Crippen molar-refractivity contribution in [1.29, 1.82) is 0 Å². The quantitative estimate of drug-likeness (QED) is 0.803. The molecule has 0 aromatic carbocycles. The zero-order valence-electron chi connectivity index (χ0n) is 12.8. The van der Waals surface area contributed by atoms with E-state index in [4.69, 9.17) is 4.74 Å². The van der Waals surface area contributed by atoms with Crippen molar-refractivity contribution in [2.75, 3.05) is 26.8 Å². The summed E-state index contributed by atoms with van der Waals surface area (Å²) in [5.41, 5.74) is -0.347. The fourth-order valence-electron chi connectivity index (χ4n) is 4.78. The third-order valence-corrected chi connectivity index (χ3v) is 5.94. The summed E-state index contributed by atoms with van der Waals surface area (Å²) in [4.78, 5) is 12.7. The van der Waals surface area contributed by atoms with Crippen LogP contribution in [-0.4, -0.2) is 38.8 Å². The van der Waals surface area contributed by atoms with E-state index in [9.17, 15) is 4.79 Å². The summed E-state index contributed by atoms with van der Waals surface area (Å²) in [5, 5.41) is 6.62. The van der Waals surface area contributed by atoms with E-state index >= 15 is 0 Å². The lowest BCUT2D eigenvalue weighted by molar-refractivity contribution is -0.134. The Balaban J connectivity index is 1.60. The van der Waals surface area contributed by atoms with E-state index in [0.29, 0.717) is 18.6 Å². The van der Waals surface area contributed by atoms with Gasteiger partial charge in [0, 0.05) is 19.7 Å². The first-order valence-corrected chi connectivity index (χ1v) is 8.15. The molecule has 3 fully saturated rings. The molecule has 4 nitrogen and oxygen atoms in total. The molecule has 1 saturated heterocycles. The molecule has 1 amide bonds. The largest absolute Gasteiger partial charge is 0.384 e. The highest BCUT2D eigenvalue weighted by Gasteiger charge is 2.45. The number of carbonyl (C=O) groups is 1. The van der Waals surface area contributed by atoms with Crippen LogP contribution in [0.1, 0.15) is 39.0 Å². The van der Waals surface area contributed by atoms with Gasteiger partial charge >= 0.3 is 0 Å². The minimum Gasteiger partial charge on any atom is -0.384 e. The normalized spacial score (nSPS) is 41.0. The lowest BCUT2D eigenvalue weighted by Crippen LogP contribution is -2.50. The second kappa shape index (κ2) is 5.64. The van der Waals surface area contributed by atoms with Crippen LogP contribution < -0.4 is 10.6 Å². The summed E-state index contributed by atoms with van der Waals surface area (Å²) in [7, 11) is 1.69. The molecule has 2 bridgehead atoms. The van der Waals surface area contributed by atoms with Crippen molar-refractivity contribution >= 4 is 5.91 Å². The van der Waals surface area contributed by atoms with Crippen LogP contribution in [0.2, 0.25) is 0 Å². The lowest BCUT2D eigenvalue weighted by atomic mass is 9.82. The first-order chi connectivity index (χ1) is 9.64. The third kappa shape index (κ3) is 2.48. The van der Waals surface area contributed by atoms with E-state index < -0.39 is 0 Å². The molecule has 0 aromatic heterocycles. The van der Waals surface area contributed by atoms with Gasteiger partial charge in [0.15, 0.2) is 0 Å². The van der Waals surface area contributed by atoms with Gasteiger partial charge in [0.25, 0.3) is 0 Å². The Kier molecular flexibility index (Phi) is 4.04. The summed E-state index contributed by atoms with van der Waals surface area (Å²) >= 11 is 0. The number of nitrogens with one attached hydrogen (secondary N) is 2. The molecular formula is C16H28N2O2. The summed E-state index contributed by atoms with van der Waals surface area (Å²) in [6.07, 6.45) is 6.40. The highest BCUT2D eigenvalue weighted by molar-refractivity contribution is 5.83. The highest BCUT2D eigenvalue weighted by atomic mass is 16.5. The van der Waals surface area contributed by atoms with Gasteiger partial charge in [-0.1, -0.05) is 6.42 Å². The predicted octanol–water partition coefficient (Wildman–Crippen LogP) is 1.55. The molecular weight excluding hydrogens is 252 g/mol. The Labute approximate surface area is 122 Å². The number of carbonyl (C=O) groups excluding carboxylic acids is 1. The van der Waals surface area contributed by atoms with E-state index in [-0.39, 0.29) is 11.3 Å². The van der Waals surface area contributed by atoms with Crippen LogP contribution in [0.15, 0.2) is 0 Å². The Morgan fingerprint density at radius 1 is 1.45 bits per heavy atom. The summed E-state index contributed by atoms with van der Waals surface area (Å²) in [6, 6.07) is 0.312. The molecule has 4 heteroatoms. The van der Waals surface area contributed by atoms with Crippen LogP contribution in [0.5, 0.6) is 0 Å². The van der Waals surface area contributed by atoms with Crippen LogP contribution in [0.25, 0.3) is 0 Å². The van der Waals surface area contributed by atoms with Crippen LogP contribution in [0, 0.1) is 23.2 Å². The van der Waals surface area contributed by atoms with Crippen LogP contribution in [0.4, 0.5) is 0 Å². The molecule has 0 radical (unpaired) electrons. The Morgan fingerprint density at radius 2 is 2.30 bits per heavy atom. The molecule has 5 atom stereocenters.